The maximum Gasteiger partial charge on any atom is 0.286 e. The van der Waals surface area contributed by atoms with Gasteiger partial charge in [-0.25, -0.2) is 43.7 Å². The highest BCUT2D eigenvalue weighted by Crippen LogP contribution is 2.29. The smallest absolute Gasteiger partial charge is 0.286 e. The van der Waals surface area contributed by atoms with Crippen molar-refractivity contribution < 1.29 is 42.0 Å². The average Bonchev–Trinajstić information content (AvgIpc) is 3.87. The van der Waals surface area contributed by atoms with E-state index in [4.69, 9.17) is 38.8 Å². The van der Waals surface area contributed by atoms with Crippen molar-refractivity contribution >= 4 is 88.0 Å². The molecule has 18 nitrogen and oxygen atoms in total. The number of rotatable bonds is 8. The average molecular weight is 839 g/mol. The number of carbonyl (C=O) groups is 2. The number of sulfonamides is 2. The van der Waals surface area contributed by atoms with Gasteiger partial charge in [-0.2, -0.15) is 8.61 Å². The molecule has 2 aromatic heterocycles. The molecule has 4 heterocycles. The van der Waals surface area contributed by atoms with Crippen LogP contribution in [0.15, 0.2) is 70.7 Å². The van der Waals surface area contributed by atoms with Gasteiger partial charge in [0, 0.05) is 57.4 Å². The van der Waals surface area contributed by atoms with Crippen LogP contribution in [0.4, 0.5) is 10.3 Å². The standard InChI is InChI=1S/2C14H15ClN4O4S2.H3NO/c15-10-2-1-3-11(8-10)25(22,23)19-6-4-18(5-7-19)14-16-9-12(24-14)13(20)17-21;15-10-3-1-2-4-12(10)25(22,23)19-7-5-18(6-8-19)14-16-9-11(24-14)13(20)17-21;1-2/h1-3,8-9,21H,4-7H2,(H,17,20);1-4,9,21H,5-8H2,(H,17,20);2H,1H2. The number of anilines is 2. The van der Waals surface area contributed by atoms with Crippen LogP contribution in [0.25, 0.3) is 0 Å². The predicted molar refractivity (Wildman–Crippen MR) is 194 cm³/mol. The van der Waals surface area contributed by atoms with Crippen LogP contribution in [0.1, 0.15) is 19.3 Å². The van der Waals surface area contributed by atoms with Crippen molar-refractivity contribution in [1.82, 2.24) is 29.5 Å². The SMILES string of the molecule is NO.O=C(NO)c1cnc(N2CCN(S(=O)(=O)c3cccc(Cl)c3)CC2)s1.O=C(NO)c1cnc(N2CCN(S(=O)(=O)c3ccccc3Cl)CC2)s1. The van der Waals surface area contributed by atoms with E-state index in [0.717, 1.165) is 22.7 Å². The Labute approximate surface area is 316 Å². The lowest BCUT2D eigenvalue weighted by molar-refractivity contribution is 0.0706. The molecule has 0 saturated carbocycles. The minimum Gasteiger partial charge on any atom is -0.345 e. The normalized spacial score (nSPS) is 15.5. The highest BCUT2D eigenvalue weighted by atomic mass is 35.5. The third-order valence-corrected chi connectivity index (χ3v) is 14.2. The van der Waals surface area contributed by atoms with Crippen LogP contribution in [0, 0.1) is 0 Å². The molecule has 2 fully saturated rings. The summed E-state index contributed by atoms with van der Waals surface area (Å²) in [6.07, 6.45) is 2.75. The van der Waals surface area contributed by atoms with Gasteiger partial charge in [0.25, 0.3) is 11.8 Å². The number of carbonyl (C=O) groups excluding carboxylic acids is 2. The Morgan fingerprint density at radius 2 is 1.15 bits per heavy atom. The van der Waals surface area contributed by atoms with Gasteiger partial charge in [0.05, 0.1) is 22.3 Å². The number of amides is 2. The van der Waals surface area contributed by atoms with E-state index in [-0.39, 0.29) is 37.7 Å². The summed E-state index contributed by atoms with van der Waals surface area (Å²) in [5.41, 5.74) is 3.12. The molecule has 0 radical (unpaired) electrons. The predicted octanol–water partition coefficient (Wildman–Crippen LogP) is 2.19. The van der Waals surface area contributed by atoms with Crippen molar-refractivity contribution in [2.24, 2.45) is 5.90 Å². The van der Waals surface area contributed by atoms with Crippen molar-refractivity contribution in [3.63, 3.8) is 0 Å². The first-order valence-corrected chi connectivity index (χ1v) is 20.2. The Kier molecular flexibility index (Phi) is 14.7. The van der Waals surface area contributed by atoms with Crippen LogP contribution in [-0.2, 0) is 20.0 Å². The third-order valence-electron chi connectivity index (χ3n) is 7.54. The van der Waals surface area contributed by atoms with Crippen LogP contribution in [0.2, 0.25) is 10.0 Å². The minimum absolute atomic E-state index is 0.0984. The van der Waals surface area contributed by atoms with E-state index in [1.807, 2.05) is 9.80 Å². The molecule has 0 atom stereocenters. The quantitative estimate of drug-likeness (QED) is 0.110. The topological polar surface area (TPSA) is 252 Å². The molecule has 2 aliphatic heterocycles. The maximum absolute atomic E-state index is 12.7. The van der Waals surface area contributed by atoms with E-state index in [2.05, 4.69) is 15.9 Å². The molecule has 0 spiro atoms. The number of halogens is 2. The number of nitrogens with one attached hydrogen (secondary N) is 2. The number of hydrogen-bond acceptors (Lipinski definition) is 16. The molecule has 2 aromatic carbocycles. The molecule has 6 rings (SSSR count). The summed E-state index contributed by atoms with van der Waals surface area (Å²) in [7, 11) is -7.24. The van der Waals surface area contributed by atoms with E-state index in [1.165, 1.54) is 39.2 Å². The largest absolute Gasteiger partial charge is 0.345 e. The van der Waals surface area contributed by atoms with Gasteiger partial charge < -0.3 is 15.0 Å². The molecular weight excluding hydrogens is 806 g/mol. The molecular formula is C28H33Cl2N9O9S4. The van der Waals surface area contributed by atoms with Gasteiger partial charge in [-0.1, -0.05) is 64.1 Å². The Morgan fingerprint density at radius 3 is 1.60 bits per heavy atom. The third kappa shape index (κ3) is 9.71. The first-order valence-electron chi connectivity index (χ1n) is 14.9. The maximum atomic E-state index is 12.7. The lowest BCUT2D eigenvalue weighted by Gasteiger charge is -2.33. The van der Waals surface area contributed by atoms with Crippen LogP contribution in [0.5, 0.6) is 0 Å². The van der Waals surface area contributed by atoms with Gasteiger partial charge in [-0.05, 0) is 30.3 Å². The summed E-state index contributed by atoms with van der Waals surface area (Å²) < 4.78 is 53.6. The van der Waals surface area contributed by atoms with Crippen LogP contribution >= 0.6 is 45.9 Å². The van der Waals surface area contributed by atoms with E-state index in [9.17, 15) is 26.4 Å². The van der Waals surface area contributed by atoms with Crippen molar-refractivity contribution in [2.45, 2.75) is 9.79 Å². The lowest BCUT2D eigenvalue weighted by Crippen LogP contribution is -2.48. The number of aromatic nitrogens is 2. The number of hydroxylamine groups is 2. The summed E-state index contributed by atoms with van der Waals surface area (Å²) in [4.78, 5) is 35.7. The van der Waals surface area contributed by atoms with Gasteiger partial charge in [0.1, 0.15) is 14.6 Å². The van der Waals surface area contributed by atoms with Crippen molar-refractivity contribution in [3.8, 4) is 0 Å². The second kappa shape index (κ2) is 18.5. The van der Waals surface area contributed by atoms with Gasteiger partial charge in [-0.15, -0.1) is 0 Å². The molecule has 0 bridgehead atoms. The van der Waals surface area contributed by atoms with E-state index < -0.39 is 31.9 Å². The van der Waals surface area contributed by atoms with Crippen molar-refractivity contribution in [1.29, 1.82) is 0 Å². The fourth-order valence-electron chi connectivity index (χ4n) is 4.95. The number of hydrogen-bond donors (Lipinski definition) is 6. The molecule has 2 aliphatic rings. The van der Waals surface area contributed by atoms with E-state index in [0.29, 0.717) is 54.6 Å². The fourth-order valence-corrected chi connectivity index (χ4v) is 10.3. The zero-order valence-corrected chi connectivity index (χ0v) is 31.6. The first kappa shape index (κ1) is 41.2. The Balaban J connectivity index is 0.000000222. The highest BCUT2D eigenvalue weighted by Gasteiger charge is 2.32. The summed E-state index contributed by atoms with van der Waals surface area (Å²) in [5.74, 6) is 2.26. The molecule has 2 amide bonds. The van der Waals surface area contributed by atoms with Gasteiger partial charge in [-0.3, -0.25) is 20.0 Å². The molecule has 0 unspecified atom stereocenters. The second-order valence-corrected chi connectivity index (χ2v) is 17.3. The molecule has 282 valence electrons. The molecule has 52 heavy (non-hydrogen) atoms. The van der Waals surface area contributed by atoms with Crippen LogP contribution < -0.4 is 26.7 Å². The highest BCUT2D eigenvalue weighted by molar-refractivity contribution is 7.89. The van der Waals surface area contributed by atoms with E-state index >= 15 is 0 Å². The molecule has 24 heteroatoms. The second-order valence-electron chi connectivity index (χ2n) is 10.6. The van der Waals surface area contributed by atoms with Gasteiger partial charge in [0.15, 0.2) is 10.3 Å². The summed E-state index contributed by atoms with van der Waals surface area (Å²) in [6.45, 7) is 2.96. The van der Waals surface area contributed by atoms with Crippen molar-refractivity contribution in [2.75, 3.05) is 62.2 Å². The van der Waals surface area contributed by atoms with Crippen LogP contribution in [0.3, 0.4) is 0 Å². The summed E-state index contributed by atoms with van der Waals surface area (Å²) in [5, 5.41) is 25.6. The number of nitrogens with zero attached hydrogens (tertiary/aromatic N) is 6. The fraction of sp³-hybridized carbons (Fsp3) is 0.286. The number of nitrogens with two attached hydrogens (primary N) is 1. The Hall–Kier alpha value is -3.52. The summed E-state index contributed by atoms with van der Waals surface area (Å²) >= 11 is 14.2. The molecule has 4 aromatic rings. The first-order chi connectivity index (χ1) is 24.8. The number of thiazole rings is 2. The summed E-state index contributed by atoms with van der Waals surface area (Å²) in [6, 6.07) is 12.5. The molecule has 7 N–H and O–H groups in total. The van der Waals surface area contributed by atoms with Gasteiger partial charge in [0.2, 0.25) is 20.0 Å². The minimum atomic E-state index is -3.65. The zero-order valence-electron chi connectivity index (χ0n) is 26.9. The monoisotopic (exact) mass is 837 g/mol. The number of piperazine rings is 2. The molecule has 2 saturated heterocycles. The lowest BCUT2D eigenvalue weighted by atomic mass is 10.4. The van der Waals surface area contributed by atoms with Crippen molar-refractivity contribution in [3.05, 3.63) is 80.7 Å². The van der Waals surface area contributed by atoms with Crippen LogP contribution in [-0.4, -0.2) is 115 Å². The Morgan fingerprint density at radius 1 is 0.692 bits per heavy atom. The molecule has 0 aliphatic carbocycles. The Bertz CT molecular complexity index is 2050. The number of benzene rings is 2. The zero-order chi connectivity index (χ0) is 38.1. The van der Waals surface area contributed by atoms with E-state index in [1.54, 1.807) is 41.3 Å². The van der Waals surface area contributed by atoms with Gasteiger partial charge >= 0.3 is 0 Å².